The zero-order valence-corrected chi connectivity index (χ0v) is 18.2. The molecule has 0 spiro atoms. The van der Waals surface area contributed by atoms with E-state index in [0.717, 1.165) is 47.0 Å². The molecular weight excluding hydrogens is 392 g/mol. The third-order valence-electron chi connectivity index (χ3n) is 5.94. The highest BCUT2D eigenvalue weighted by molar-refractivity contribution is 6.06. The number of ether oxygens (including phenoxy) is 1. The van der Waals surface area contributed by atoms with Gasteiger partial charge in [-0.15, -0.1) is 0 Å². The number of aromatic nitrogens is 3. The molecule has 31 heavy (non-hydrogen) atoms. The van der Waals surface area contributed by atoms with Crippen LogP contribution in [0.5, 0.6) is 0 Å². The number of hydrogen-bond donors (Lipinski definition) is 3. The highest BCUT2D eigenvalue weighted by Gasteiger charge is 2.17. The molecule has 2 amide bonds. The molecule has 8 heteroatoms. The SMILES string of the molecule is CCc1nc2c(N)nc3ccccc3c2n1CCOCCNC(=O)NC1CCCCC1. The number of nitrogens with two attached hydrogens (primary N) is 1. The lowest BCUT2D eigenvalue weighted by Crippen LogP contribution is -2.43. The molecule has 8 nitrogen and oxygen atoms in total. The first-order valence-corrected chi connectivity index (χ1v) is 11.3. The largest absolute Gasteiger partial charge is 0.382 e. The normalized spacial score (nSPS) is 14.9. The summed E-state index contributed by atoms with van der Waals surface area (Å²) in [6.45, 7) is 4.24. The third-order valence-corrected chi connectivity index (χ3v) is 5.94. The lowest BCUT2D eigenvalue weighted by Gasteiger charge is -2.22. The van der Waals surface area contributed by atoms with Crippen LogP contribution in [-0.4, -0.2) is 46.4 Å². The van der Waals surface area contributed by atoms with E-state index in [-0.39, 0.29) is 6.03 Å². The summed E-state index contributed by atoms with van der Waals surface area (Å²) in [5.74, 6) is 1.42. The Morgan fingerprint density at radius 2 is 2.00 bits per heavy atom. The molecule has 1 aliphatic carbocycles. The van der Waals surface area contributed by atoms with Crippen molar-refractivity contribution in [2.45, 2.75) is 58.0 Å². The fourth-order valence-corrected chi connectivity index (χ4v) is 4.39. The molecule has 166 valence electrons. The molecule has 1 fully saturated rings. The number of anilines is 1. The van der Waals surface area contributed by atoms with Crippen molar-refractivity contribution >= 4 is 33.8 Å². The van der Waals surface area contributed by atoms with Gasteiger partial charge in [0.2, 0.25) is 0 Å². The fraction of sp³-hybridized carbons (Fsp3) is 0.522. The Kier molecular flexibility index (Phi) is 6.86. The number of aryl methyl sites for hydroxylation is 1. The van der Waals surface area contributed by atoms with E-state index in [1.54, 1.807) is 0 Å². The van der Waals surface area contributed by atoms with Crippen molar-refractivity contribution in [2.24, 2.45) is 0 Å². The van der Waals surface area contributed by atoms with Gasteiger partial charge in [0.15, 0.2) is 5.82 Å². The molecule has 0 radical (unpaired) electrons. The number of para-hydroxylation sites is 1. The number of benzene rings is 1. The molecule has 0 unspecified atom stereocenters. The molecule has 4 rings (SSSR count). The number of nitrogen functional groups attached to an aromatic ring is 1. The van der Waals surface area contributed by atoms with E-state index in [1.165, 1.54) is 19.3 Å². The standard InChI is InChI=1S/C23H32N6O2/c1-2-19-28-20-21(17-10-6-7-11-18(17)27-22(20)24)29(19)13-15-31-14-12-25-23(30)26-16-8-4-3-5-9-16/h6-7,10-11,16H,2-5,8-9,12-15H2,1H3,(H2,24,27)(H2,25,26,30). The number of pyridine rings is 1. The number of fused-ring (bicyclic) bond motifs is 3. The number of hydrogen-bond acceptors (Lipinski definition) is 5. The Labute approximate surface area is 182 Å². The summed E-state index contributed by atoms with van der Waals surface area (Å²) in [4.78, 5) is 21.2. The Balaban J connectivity index is 1.32. The van der Waals surface area contributed by atoms with E-state index in [1.807, 2.05) is 18.2 Å². The summed E-state index contributed by atoms with van der Waals surface area (Å²) in [5, 5.41) is 6.98. The second kappa shape index (κ2) is 9.96. The van der Waals surface area contributed by atoms with Gasteiger partial charge in [-0.1, -0.05) is 44.4 Å². The van der Waals surface area contributed by atoms with Crippen LogP contribution in [0.1, 0.15) is 44.9 Å². The molecule has 1 saturated carbocycles. The van der Waals surface area contributed by atoms with Crippen LogP contribution < -0.4 is 16.4 Å². The van der Waals surface area contributed by atoms with Gasteiger partial charge in [0.1, 0.15) is 11.3 Å². The van der Waals surface area contributed by atoms with Gasteiger partial charge in [-0.2, -0.15) is 0 Å². The highest BCUT2D eigenvalue weighted by Crippen LogP contribution is 2.28. The van der Waals surface area contributed by atoms with Gasteiger partial charge in [-0.05, 0) is 18.9 Å². The summed E-state index contributed by atoms with van der Waals surface area (Å²) in [6.07, 6.45) is 6.64. The monoisotopic (exact) mass is 424 g/mol. The van der Waals surface area contributed by atoms with Crippen molar-refractivity contribution in [1.82, 2.24) is 25.2 Å². The Morgan fingerprint density at radius 1 is 1.19 bits per heavy atom. The van der Waals surface area contributed by atoms with Crippen LogP contribution in [0.25, 0.3) is 21.9 Å². The molecule has 0 saturated heterocycles. The molecule has 3 aromatic rings. The van der Waals surface area contributed by atoms with Crippen LogP contribution in [0.3, 0.4) is 0 Å². The minimum atomic E-state index is -0.0983. The van der Waals surface area contributed by atoms with E-state index in [9.17, 15) is 4.79 Å². The average Bonchev–Trinajstić information content (AvgIpc) is 3.16. The second-order valence-electron chi connectivity index (χ2n) is 8.09. The first-order valence-electron chi connectivity index (χ1n) is 11.3. The molecule has 0 bridgehead atoms. The number of urea groups is 1. The van der Waals surface area contributed by atoms with Gasteiger partial charge in [0.25, 0.3) is 0 Å². The van der Waals surface area contributed by atoms with E-state index in [0.29, 0.717) is 38.2 Å². The smallest absolute Gasteiger partial charge is 0.315 e. The minimum Gasteiger partial charge on any atom is -0.382 e. The number of imidazole rings is 1. The van der Waals surface area contributed by atoms with Gasteiger partial charge in [-0.3, -0.25) is 0 Å². The molecule has 4 N–H and O–H groups in total. The zero-order chi connectivity index (χ0) is 21.6. The number of rotatable bonds is 8. The van der Waals surface area contributed by atoms with Gasteiger partial charge >= 0.3 is 6.03 Å². The van der Waals surface area contributed by atoms with Crippen LogP contribution in [0.2, 0.25) is 0 Å². The molecule has 1 aromatic carbocycles. The van der Waals surface area contributed by atoms with Crippen molar-refractivity contribution in [3.05, 3.63) is 30.1 Å². The van der Waals surface area contributed by atoms with E-state index >= 15 is 0 Å². The predicted molar refractivity (Wildman–Crippen MR) is 123 cm³/mol. The average molecular weight is 425 g/mol. The summed E-state index contributed by atoms with van der Waals surface area (Å²) in [7, 11) is 0. The molecule has 2 aromatic heterocycles. The number of carbonyl (C=O) groups is 1. The molecule has 1 aliphatic rings. The van der Waals surface area contributed by atoms with Crippen LogP contribution >= 0.6 is 0 Å². The van der Waals surface area contributed by atoms with Gasteiger partial charge < -0.3 is 25.7 Å². The fourth-order valence-electron chi connectivity index (χ4n) is 4.39. The van der Waals surface area contributed by atoms with Crippen LogP contribution in [0, 0.1) is 0 Å². The first-order chi connectivity index (χ1) is 15.2. The summed E-state index contributed by atoms with van der Waals surface area (Å²) in [6, 6.07) is 8.20. The summed E-state index contributed by atoms with van der Waals surface area (Å²) >= 11 is 0. The van der Waals surface area contributed by atoms with Crippen molar-refractivity contribution in [2.75, 3.05) is 25.5 Å². The lowest BCUT2D eigenvalue weighted by molar-refractivity contribution is 0.128. The lowest BCUT2D eigenvalue weighted by atomic mass is 9.96. The predicted octanol–water partition coefficient (Wildman–Crippen LogP) is 3.38. The molecule has 2 heterocycles. The number of carbonyl (C=O) groups excluding carboxylic acids is 1. The summed E-state index contributed by atoms with van der Waals surface area (Å²) in [5.41, 5.74) is 8.81. The first kappa shape index (κ1) is 21.4. The number of amides is 2. The highest BCUT2D eigenvalue weighted by atomic mass is 16.5. The van der Waals surface area contributed by atoms with Gasteiger partial charge in [0, 0.05) is 30.9 Å². The van der Waals surface area contributed by atoms with Crippen molar-refractivity contribution < 1.29 is 9.53 Å². The van der Waals surface area contributed by atoms with Crippen molar-refractivity contribution in [3.8, 4) is 0 Å². The maximum Gasteiger partial charge on any atom is 0.315 e. The second-order valence-corrected chi connectivity index (χ2v) is 8.09. The Morgan fingerprint density at radius 3 is 2.81 bits per heavy atom. The Hall–Kier alpha value is -2.87. The van der Waals surface area contributed by atoms with Crippen LogP contribution in [0.4, 0.5) is 10.6 Å². The van der Waals surface area contributed by atoms with E-state index in [2.05, 4.69) is 33.2 Å². The quantitative estimate of drug-likeness (QED) is 0.481. The van der Waals surface area contributed by atoms with Gasteiger partial charge in [-0.25, -0.2) is 14.8 Å². The zero-order valence-electron chi connectivity index (χ0n) is 18.2. The topological polar surface area (TPSA) is 107 Å². The van der Waals surface area contributed by atoms with E-state index < -0.39 is 0 Å². The van der Waals surface area contributed by atoms with Crippen molar-refractivity contribution in [3.63, 3.8) is 0 Å². The van der Waals surface area contributed by atoms with Crippen LogP contribution in [0.15, 0.2) is 24.3 Å². The molecular formula is C23H32N6O2. The third kappa shape index (κ3) is 4.90. The molecule has 0 aliphatic heterocycles. The van der Waals surface area contributed by atoms with Crippen LogP contribution in [-0.2, 0) is 17.7 Å². The van der Waals surface area contributed by atoms with Crippen molar-refractivity contribution in [1.29, 1.82) is 0 Å². The van der Waals surface area contributed by atoms with E-state index in [4.69, 9.17) is 15.5 Å². The summed E-state index contributed by atoms with van der Waals surface area (Å²) < 4.78 is 7.98. The van der Waals surface area contributed by atoms with Gasteiger partial charge in [0.05, 0.1) is 24.2 Å². The minimum absolute atomic E-state index is 0.0983. The number of nitrogens with one attached hydrogen (secondary N) is 2. The molecule has 0 atom stereocenters. The maximum absolute atomic E-state index is 12.0. The number of nitrogens with zero attached hydrogens (tertiary/aromatic N) is 3. The Bertz CT molecular complexity index is 1040. The maximum atomic E-state index is 12.0.